The van der Waals surface area contributed by atoms with Crippen molar-refractivity contribution in [1.29, 1.82) is 0 Å². The highest BCUT2D eigenvalue weighted by Gasteiger charge is 2.39. The van der Waals surface area contributed by atoms with Crippen LogP contribution in [0, 0.1) is 6.92 Å². The van der Waals surface area contributed by atoms with Crippen LogP contribution in [0.1, 0.15) is 56.1 Å². The second-order valence-electron chi connectivity index (χ2n) is 7.35. The number of rotatable bonds is 6. The third-order valence-corrected chi connectivity index (χ3v) is 5.43. The maximum absolute atomic E-state index is 12.7. The van der Waals surface area contributed by atoms with E-state index in [-0.39, 0.29) is 12.3 Å². The Morgan fingerprint density at radius 1 is 1.10 bits per heavy atom. The van der Waals surface area contributed by atoms with E-state index in [1.807, 2.05) is 12.1 Å². The second-order valence-corrected chi connectivity index (χ2v) is 7.78. The lowest BCUT2D eigenvalue weighted by molar-refractivity contribution is -0.123. The summed E-state index contributed by atoms with van der Waals surface area (Å²) in [5, 5.41) is 11.8. The molecule has 29 heavy (non-hydrogen) atoms. The molecule has 2 heterocycles. The maximum Gasteiger partial charge on any atom is 0.227 e. The molecule has 0 bridgehead atoms. The van der Waals surface area contributed by atoms with E-state index in [0.29, 0.717) is 34.9 Å². The fourth-order valence-corrected chi connectivity index (χ4v) is 3.80. The molecule has 0 atom stereocenters. The highest BCUT2D eigenvalue weighted by molar-refractivity contribution is 6.30. The Hall–Kier alpha value is -2.74. The lowest BCUT2D eigenvalue weighted by Gasteiger charge is -2.35. The largest absolute Gasteiger partial charge is 0.343 e. The Labute approximate surface area is 173 Å². The zero-order chi connectivity index (χ0) is 20.3. The van der Waals surface area contributed by atoms with E-state index in [2.05, 4.69) is 25.6 Å². The van der Waals surface area contributed by atoms with Crippen molar-refractivity contribution in [3.63, 3.8) is 0 Å². The van der Waals surface area contributed by atoms with Gasteiger partial charge in [0.15, 0.2) is 5.82 Å². The predicted molar refractivity (Wildman–Crippen MR) is 105 cm³/mol. The fraction of sp³-hybridized carbons (Fsp3) is 0.450. The van der Waals surface area contributed by atoms with E-state index >= 15 is 0 Å². The number of benzene rings is 1. The summed E-state index contributed by atoms with van der Waals surface area (Å²) >= 11 is 5.90. The molecule has 1 aliphatic carbocycles. The molecule has 0 aliphatic heterocycles. The van der Waals surface area contributed by atoms with Gasteiger partial charge in [-0.15, -0.1) is 0 Å². The third kappa shape index (κ3) is 4.48. The van der Waals surface area contributed by atoms with E-state index in [1.54, 1.807) is 19.1 Å². The quantitative estimate of drug-likeness (QED) is 0.648. The van der Waals surface area contributed by atoms with Crippen LogP contribution in [0.15, 0.2) is 33.3 Å². The van der Waals surface area contributed by atoms with Crippen LogP contribution in [0.25, 0.3) is 11.4 Å². The molecule has 1 fully saturated rings. The number of aryl methyl sites for hydroxylation is 2. The zero-order valence-electron chi connectivity index (χ0n) is 16.2. The van der Waals surface area contributed by atoms with Crippen molar-refractivity contribution in [2.45, 2.75) is 57.4 Å². The normalized spacial score (nSPS) is 15.9. The summed E-state index contributed by atoms with van der Waals surface area (Å²) < 4.78 is 10.4. The molecule has 0 saturated heterocycles. The lowest BCUT2D eigenvalue weighted by Crippen LogP contribution is -2.48. The van der Waals surface area contributed by atoms with Gasteiger partial charge in [0.2, 0.25) is 23.5 Å². The van der Waals surface area contributed by atoms with Gasteiger partial charge in [0, 0.05) is 30.4 Å². The van der Waals surface area contributed by atoms with Crippen LogP contribution in [0.3, 0.4) is 0 Å². The van der Waals surface area contributed by atoms with Crippen LogP contribution in [-0.4, -0.2) is 26.2 Å². The number of carbonyl (C=O) groups is 1. The molecule has 8 nitrogen and oxygen atoms in total. The first-order chi connectivity index (χ1) is 14.0. The molecule has 4 rings (SSSR count). The molecule has 0 radical (unpaired) electrons. The Morgan fingerprint density at radius 3 is 2.55 bits per heavy atom. The molecule has 3 aromatic rings. The summed E-state index contributed by atoms with van der Waals surface area (Å²) in [6.07, 6.45) is 5.38. The number of nitrogens with zero attached hydrogens (tertiary/aromatic N) is 4. The highest BCUT2D eigenvalue weighted by atomic mass is 35.5. The smallest absolute Gasteiger partial charge is 0.227 e. The highest BCUT2D eigenvalue weighted by Crippen LogP contribution is 2.35. The van der Waals surface area contributed by atoms with Crippen molar-refractivity contribution in [3.8, 4) is 11.4 Å². The van der Waals surface area contributed by atoms with E-state index in [0.717, 1.165) is 37.7 Å². The van der Waals surface area contributed by atoms with E-state index in [1.165, 1.54) is 0 Å². The van der Waals surface area contributed by atoms with Gasteiger partial charge in [0.1, 0.15) is 5.54 Å². The van der Waals surface area contributed by atoms with Crippen molar-refractivity contribution in [2.24, 2.45) is 0 Å². The van der Waals surface area contributed by atoms with Crippen molar-refractivity contribution < 1.29 is 13.8 Å². The third-order valence-electron chi connectivity index (χ3n) is 5.18. The molecule has 9 heteroatoms. The fourth-order valence-electron chi connectivity index (χ4n) is 3.68. The number of hydrogen-bond donors (Lipinski definition) is 1. The van der Waals surface area contributed by atoms with Gasteiger partial charge in [0.05, 0.1) is 0 Å². The van der Waals surface area contributed by atoms with Gasteiger partial charge in [-0.2, -0.15) is 9.97 Å². The topological polar surface area (TPSA) is 107 Å². The molecular weight excluding hydrogens is 394 g/mol. The molecule has 152 valence electrons. The minimum Gasteiger partial charge on any atom is -0.343 e. The zero-order valence-corrected chi connectivity index (χ0v) is 16.9. The lowest BCUT2D eigenvalue weighted by atomic mass is 9.81. The SMILES string of the molecule is Cc1nc(C2(NC(=O)CCc3nc(-c4ccc(Cl)cc4)no3)CCCCC2)no1. The van der Waals surface area contributed by atoms with Crippen molar-refractivity contribution >= 4 is 17.5 Å². The maximum atomic E-state index is 12.7. The van der Waals surface area contributed by atoms with Gasteiger partial charge in [-0.3, -0.25) is 4.79 Å². The molecule has 1 aliphatic rings. The molecule has 0 unspecified atom stereocenters. The molecule has 1 saturated carbocycles. The minimum absolute atomic E-state index is 0.0967. The van der Waals surface area contributed by atoms with Crippen LogP contribution in [-0.2, 0) is 16.8 Å². The first kappa shape index (κ1) is 19.6. The Kier molecular flexibility index (Phi) is 5.62. The van der Waals surface area contributed by atoms with Gasteiger partial charge in [0.25, 0.3) is 0 Å². The van der Waals surface area contributed by atoms with Gasteiger partial charge < -0.3 is 14.4 Å². The minimum atomic E-state index is -0.559. The summed E-state index contributed by atoms with van der Waals surface area (Å²) in [6.45, 7) is 1.75. The first-order valence-corrected chi connectivity index (χ1v) is 10.1. The Bertz CT molecular complexity index is 976. The van der Waals surface area contributed by atoms with Gasteiger partial charge in [-0.25, -0.2) is 0 Å². The molecule has 1 aromatic carbocycles. The van der Waals surface area contributed by atoms with Crippen molar-refractivity contribution in [1.82, 2.24) is 25.6 Å². The monoisotopic (exact) mass is 415 g/mol. The number of halogens is 1. The first-order valence-electron chi connectivity index (χ1n) is 9.74. The van der Waals surface area contributed by atoms with Crippen LogP contribution in [0.2, 0.25) is 5.02 Å². The van der Waals surface area contributed by atoms with Gasteiger partial charge in [-0.1, -0.05) is 41.2 Å². The van der Waals surface area contributed by atoms with Crippen molar-refractivity contribution in [2.75, 3.05) is 0 Å². The van der Waals surface area contributed by atoms with Crippen LogP contribution in [0.5, 0.6) is 0 Å². The van der Waals surface area contributed by atoms with E-state index < -0.39 is 5.54 Å². The standard InChI is InChI=1S/C20H22ClN5O3/c1-13-22-19(26-28-13)20(11-3-2-4-12-20)24-16(27)9-10-17-23-18(25-29-17)14-5-7-15(21)8-6-14/h5-8H,2-4,9-12H2,1H3,(H,24,27). The predicted octanol–water partition coefficient (Wildman–Crippen LogP) is 3.99. The average Bonchev–Trinajstić information content (AvgIpc) is 3.37. The average molecular weight is 416 g/mol. The Balaban J connectivity index is 1.39. The molecule has 1 amide bonds. The molecule has 0 spiro atoms. The number of hydrogen-bond acceptors (Lipinski definition) is 7. The van der Waals surface area contributed by atoms with Crippen LogP contribution < -0.4 is 5.32 Å². The van der Waals surface area contributed by atoms with Crippen LogP contribution in [0.4, 0.5) is 0 Å². The summed E-state index contributed by atoms with van der Waals surface area (Å²) in [5.41, 5.74) is 0.249. The summed E-state index contributed by atoms with van der Waals surface area (Å²) in [5.74, 6) is 1.85. The Morgan fingerprint density at radius 2 is 1.86 bits per heavy atom. The van der Waals surface area contributed by atoms with Crippen LogP contribution >= 0.6 is 11.6 Å². The number of carbonyl (C=O) groups excluding carboxylic acids is 1. The van der Waals surface area contributed by atoms with Gasteiger partial charge in [-0.05, 0) is 37.1 Å². The second kappa shape index (κ2) is 8.32. The van der Waals surface area contributed by atoms with E-state index in [4.69, 9.17) is 20.6 Å². The number of amides is 1. The molecular formula is C20H22ClN5O3. The van der Waals surface area contributed by atoms with Crippen molar-refractivity contribution in [3.05, 3.63) is 46.9 Å². The van der Waals surface area contributed by atoms with E-state index in [9.17, 15) is 4.79 Å². The number of nitrogens with one attached hydrogen (secondary N) is 1. The molecule has 1 N–H and O–H groups in total. The summed E-state index contributed by atoms with van der Waals surface area (Å²) in [6, 6.07) is 7.18. The number of aromatic nitrogens is 4. The van der Waals surface area contributed by atoms with Gasteiger partial charge >= 0.3 is 0 Å². The summed E-state index contributed by atoms with van der Waals surface area (Å²) in [7, 11) is 0. The summed E-state index contributed by atoms with van der Waals surface area (Å²) in [4.78, 5) is 21.4. The molecule has 2 aromatic heterocycles.